The number of carbonyl (C=O) groups excluding carboxylic acids is 6. The lowest BCUT2D eigenvalue weighted by Crippen LogP contribution is -2.60. The number of hydrogen-bond donors (Lipinski definition) is 4. The van der Waals surface area contributed by atoms with Crippen LogP contribution in [0.15, 0.2) is 36.9 Å². The van der Waals surface area contributed by atoms with Gasteiger partial charge in [-0.15, -0.1) is 6.58 Å². The molecule has 1 saturated heterocycles. The molecule has 2 saturated carbocycles. The highest BCUT2D eigenvalue weighted by atomic mass is 32.2. The minimum absolute atomic E-state index is 0.0763. The average molecular weight is 748 g/mol. The van der Waals surface area contributed by atoms with E-state index in [-0.39, 0.29) is 37.2 Å². The van der Waals surface area contributed by atoms with Crippen molar-refractivity contribution in [1.82, 2.24) is 20.3 Å². The van der Waals surface area contributed by atoms with E-state index in [1.54, 1.807) is 54.5 Å². The van der Waals surface area contributed by atoms with Gasteiger partial charge in [0.1, 0.15) is 29.3 Å². The number of ether oxygens (including phenoxy) is 3. The molecule has 1 heterocycles. The maximum Gasteiger partial charge on any atom is 0.411 e. The Kier molecular flexibility index (Phi) is 11.7. The van der Waals surface area contributed by atoms with E-state index in [9.17, 15) is 37.2 Å². The Morgan fingerprint density at radius 3 is 2.29 bits per heavy atom. The number of amides is 5. The first-order valence-corrected chi connectivity index (χ1v) is 18.7. The Bertz CT molecular complexity index is 1710. The van der Waals surface area contributed by atoms with Crippen LogP contribution in [-0.4, -0.2) is 96.9 Å². The summed E-state index contributed by atoms with van der Waals surface area (Å²) in [7, 11) is -3.94. The van der Waals surface area contributed by atoms with E-state index in [4.69, 9.17) is 14.2 Å². The van der Waals surface area contributed by atoms with Gasteiger partial charge in [-0.05, 0) is 70.6 Å². The molecule has 1 aliphatic heterocycles. The Labute approximate surface area is 303 Å². The molecule has 17 heteroatoms. The third-order valence-electron chi connectivity index (χ3n) is 8.77. The zero-order valence-corrected chi connectivity index (χ0v) is 31.4. The molecule has 286 valence electrons. The average Bonchev–Trinajstić information content (AvgIpc) is 3.95. The molecule has 3 aliphatic rings. The molecule has 3 fully saturated rings. The molecule has 0 aromatic heterocycles. The van der Waals surface area contributed by atoms with Crippen LogP contribution in [0.3, 0.4) is 0 Å². The SMILES string of the molecule is C=CC1C[C@]1(NC(=O)C1C[C@@H](OC(=O)Nc2cccc(C(=O)OCC)c2)CN1C(=O)[C@@H](NC(=O)OC(C)(C)C)C(C)(C)C)C(=O)NS(=O)(=O)C1CC1. The first-order valence-electron chi connectivity index (χ1n) is 17.2. The van der Waals surface area contributed by atoms with Crippen LogP contribution in [0.1, 0.15) is 84.5 Å². The number of hydrogen-bond acceptors (Lipinski definition) is 11. The van der Waals surface area contributed by atoms with E-state index in [2.05, 4.69) is 27.3 Å². The predicted molar refractivity (Wildman–Crippen MR) is 188 cm³/mol. The molecular weight excluding hydrogens is 698 g/mol. The lowest BCUT2D eigenvalue weighted by atomic mass is 9.85. The summed E-state index contributed by atoms with van der Waals surface area (Å²) in [6, 6.07) is 3.47. The number of carbonyl (C=O) groups is 6. The lowest BCUT2D eigenvalue weighted by Gasteiger charge is -2.36. The van der Waals surface area contributed by atoms with Crippen molar-refractivity contribution in [2.45, 2.75) is 109 Å². The van der Waals surface area contributed by atoms with Crippen molar-refractivity contribution in [3.8, 4) is 0 Å². The van der Waals surface area contributed by atoms with Crippen LogP contribution in [0.2, 0.25) is 0 Å². The van der Waals surface area contributed by atoms with Crippen LogP contribution in [0, 0.1) is 11.3 Å². The summed E-state index contributed by atoms with van der Waals surface area (Å²) >= 11 is 0. The van der Waals surface area contributed by atoms with Gasteiger partial charge < -0.3 is 29.7 Å². The number of sulfonamides is 1. The molecule has 5 atom stereocenters. The van der Waals surface area contributed by atoms with E-state index in [1.807, 2.05) is 0 Å². The first kappa shape index (κ1) is 40.1. The smallest absolute Gasteiger partial charge is 0.411 e. The number of alkyl carbamates (subject to hydrolysis) is 1. The molecule has 5 amide bonds. The molecule has 2 aliphatic carbocycles. The molecular formula is C35H49N5O11S. The van der Waals surface area contributed by atoms with E-state index < -0.39 is 91.8 Å². The van der Waals surface area contributed by atoms with Crippen LogP contribution in [0.4, 0.5) is 15.3 Å². The summed E-state index contributed by atoms with van der Waals surface area (Å²) < 4.78 is 43.4. The van der Waals surface area contributed by atoms with Crippen LogP contribution >= 0.6 is 0 Å². The molecule has 0 bridgehead atoms. The maximum absolute atomic E-state index is 14.3. The van der Waals surface area contributed by atoms with Crippen LogP contribution in [-0.2, 0) is 38.6 Å². The minimum atomic E-state index is -3.94. The normalized spacial score (nSPS) is 23.4. The van der Waals surface area contributed by atoms with Gasteiger partial charge in [-0.2, -0.15) is 0 Å². The lowest BCUT2D eigenvalue weighted by molar-refractivity contribution is -0.143. The molecule has 2 unspecified atom stereocenters. The third-order valence-corrected chi connectivity index (χ3v) is 10.6. The second-order valence-electron chi connectivity index (χ2n) is 15.3. The first-order chi connectivity index (χ1) is 24.1. The Morgan fingerprint density at radius 2 is 1.73 bits per heavy atom. The van der Waals surface area contributed by atoms with E-state index in [0.717, 1.165) is 0 Å². The van der Waals surface area contributed by atoms with Crippen molar-refractivity contribution in [2.75, 3.05) is 18.5 Å². The van der Waals surface area contributed by atoms with Gasteiger partial charge in [0, 0.05) is 18.0 Å². The standard InChI is InChI=1S/C35H49N5O11S/c1-9-21-18-35(21,30(44)39-52(47,48)24-14-15-24)38-27(41)25-17-23(50-31(45)36-22-13-11-12-20(16-22)29(43)49-10-2)19-40(25)28(42)26(33(3,4)5)37-32(46)51-34(6,7)8/h9,11-13,16,21,23-26H,1,10,14-15,17-19H2,2-8H3,(H,36,45)(H,37,46)(H,38,41)(H,39,44)/t21?,23-,25?,26-,35-/m1/s1. The fourth-order valence-electron chi connectivity index (χ4n) is 5.87. The zero-order chi connectivity index (χ0) is 38.8. The van der Waals surface area contributed by atoms with Crippen molar-refractivity contribution in [2.24, 2.45) is 11.3 Å². The van der Waals surface area contributed by atoms with Gasteiger partial charge in [-0.25, -0.2) is 22.8 Å². The number of benzene rings is 1. The van der Waals surface area contributed by atoms with E-state index in [1.165, 1.54) is 29.2 Å². The molecule has 1 aromatic rings. The highest BCUT2D eigenvalue weighted by molar-refractivity contribution is 7.91. The summed E-state index contributed by atoms with van der Waals surface area (Å²) in [5.74, 6) is -3.56. The van der Waals surface area contributed by atoms with Gasteiger partial charge in [0.05, 0.1) is 24.0 Å². The molecule has 16 nitrogen and oxygen atoms in total. The topological polar surface area (TPSA) is 216 Å². The fourth-order valence-corrected chi connectivity index (χ4v) is 7.23. The zero-order valence-electron chi connectivity index (χ0n) is 30.6. The van der Waals surface area contributed by atoms with Gasteiger partial charge in [-0.3, -0.25) is 24.4 Å². The van der Waals surface area contributed by atoms with Crippen molar-refractivity contribution in [3.05, 3.63) is 42.5 Å². The monoisotopic (exact) mass is 747 g/mol. The van der Waals surface area contributed by atoms with Gasteiger partial charge in [0.25, 0.3) is 5.91 Å². The van der Waals surface area contributed by atoms with Gasteiger partial charge in [0.2, 0.25) is 21.8 Å². The van der Waals surface area contributed by atoms with Crippen molar-refractivity contribution < 1.29 is 51.4 Å². The Hall–Kier alpha value is -4.67. The van der Waals surface area contributed by atoms with E-state index in [0.29, 0.717) is 12.8 Å². The molecule has 4 N–H and O–H groups in total. The quantitative estimate of drug-likeness (QED) is 0.139. The summed E-state index contributed by atoms with van der Waals surface area (Å²) in [4.78, 5) is 81.0. The predicted octanol–water partition coefficient (Wildman–Crippen LogP) is 2.99. The molecule has 0 spiro atoms. The van der Waals surface area contributed by atoms with Crippen LogP contribution in [0.25, 0.3) is 0 Å². The van der Waals surface area contributed by atoms with Crippen molar-refractivity contribution in [3.63, 3.8) is 0 Å². The van der Waals surface area contributed by atoms with Crippen molar-refractivity contribution in [1.29, 1.82) is 0 Å². The highest BCUT2D eigenvalue weighted by Crippen LogP contribution is 2.45. The number of esters is 1. The second-order valence-corrected chi connectivity index (χ2v) is 17.3. The molecule has 4 rings (SSSR count). The maximum atomic E-state index is 14.3. The Morgan fingerprint density at radius 1 is 1.06 bits per heavy atom. The largest absolute Gasteiger partial charge is 0.462 e. The fraction of sp³-hybridized carbons (Fsp3) is 0.600. The highest BCUT2D eigenvalue weighted by Gasteiger charge is 2.62. The summed E-state index contributed by atoms with van der Waals surface area (Å²) in [5.41, 5.74) is -2.97. The summed E-state index contributed by atoms with van der Waals surface area (Å²) in [6.45, 7) is 15.4. The van der Waals surface area contributed by atoms with Crippen molar-refractivity contribution >= 4 is 51.6 Å². The number of anilines is 1. The molecule has 1 aromatic carbocycles. The number of nitrogens with one attached hydrogen (secondary N) is 4. The van der Waals surface area contributed by atoms with Gasteiger partial charge >= 0.3 is 18.2 Å². The van der Waals surface area contributed by atoms with Gasteiger partial charge in [-0.1, -0.05) is 32.9 Å². The van der Waals surface area contributed by atoms with Gasteiger partial charge in [0.15, 0.2) is 0 Å². The molecule has 52 heavy (non-hydrogen) atoms. The second kappa shape index (κ2) is 15.1. The third kappa shape index (κ3) is 9.80. The number of likely N-dealkylation sites (tertiary alicyclic amines) is 1. The Balaban J connectivity index is 1.58. The molecule has 0 radical (unpaired) electrons. The van der Waals surface area contributed by atoms with E-state index >= 15 is 0 Å². The number of rotatable bonds is 12. The van der Waals surface area contributed by atoms with Crippen LogP contribution in [0.5, 0.6) is 0 Å². The summed E-state index contributed by atoms with van der Waals surface area (Å²) in [6.07, 6.45) is -0.681. The summed E-state index contributed by atoms with van der Waals surface area (Å²) in [5, 5.41) is 7.14. The minimum Gasteiger partial charge on any atom is -0.462 e. The number of nitrogens with zero attached hydrogens (tertiary/aromatic N) is 1. The van der Waals surface area contributed by atoms with Crippen LogP contribution < -0.4 is 20.7 Å².